The van der Waals surface area contributed by atoms with Gasteiger partial charge in [-0.15, -0.1) is 0 Å². The summed E-state index contributed by atoms with van der Waals surface area (Å²) in [4.78, 5) is 0. The molecule has 3 N–H and O–H groups in total. The van der Waals surface area contributed by atoms with Crippen molar-refractivity contribution in [1.82, 2.24) is 0 Å². The zero-order valence-corrected chi connectivity index (χ0v) is 25.1. The van der Waals surface area contributed by atoms with Gasteiger partial charge >= 0.3 is 0 Å². The number of allylic oxidation sites excluding steroid dienone is 1. The summed E-state index contributed by atoms with van der Waals surface area (Å²) >= 11 is 0. The van der Waals surface area contributed by atoms with Crippen LogP contribution in [0.2, 0.25) is 10.6 Å². The summed E-state index contributed by atoms with van der Waals surface area (Å²) < 4.78 is 6.02. The molecule has 1 aliphatic heterocycles. The first-order chi connectivity index (χ1) is 20.6. The Hall–Kier alpha value is -4.83. The van der Waals surface area contributed by atoms with Crippen molar-refractivity contribution >= 4 is 45.5 Å². The average molecular weight is 559 g/mol. The first-order valence-electron chi connectivity index (χ1n) is 14.9. The van der Waals surface area contributed by atoms with Gasteiger partial charge in [0.1, 0.15) is 11.2 Å². The van der Waals surface area contributed by atoms with Gasteiger partial charge in [0.2, 0.25) is 0 Å². The van der Waals surface area contributed by atoms with Gasteiger partial charge in [-0.05, 0) is 58.2 Å². The summed E-state index contributed by atoms with van der Waals surface area (Å²) in [5.74, 6) is 0. The summed E-state index contributed by atoms with van der Waals surface area (Å²) in [6, 6.07) is 39.7. The van der Waals surface area contributed by atoms with Crippen LogP contribution in [0, 0.1) is 5.41 Å². The fourth-order valence-electron chi connectivity index (χ4n) is 6.93. The van der Waals surface area contributed by atoms with Crippen LogP contribution in [0.25, 0.3) is 49.9 Å². The summed E-state index contributed by atoms with van der Waals surface area (Å²) in [5.41, 5.74) is 17.2. The first kappa shape index (κ1) is 27.0. The van der Waals surface area contributed by atoms with E-state index in [1.54, 1.807) is 6.08 Å². The Morgan fingerprint density at radius 1 is 0.651 bits per heavy atom. The Kier molecular flexibility index (Phi) is 6.21. The third-order valence-corrected chi connectivity index (χ3v) is 9.98. The maximum absolute atomic E-state index is 8.96. The fraction of sp³-hybridized carbons (Fsp3) is 0.154. The molecule has 5 aromatic carbocycles. The fourth-order valence-corrected chi connectivity index (χ4v) is 6.93. The van der Waals surface area contributed by atoms with Gasteiger partial charge in [0.25, 0.3) is 0 Å². The predicted octanol–water partition coefficient (Wildman–Crippen LogP) is 9.56. The van der Waals surface area contributed by atoms with E-state index in [0.717, 1.165) is 44.2 Å². The number of furan rings is 1. The van der Waals surface area contributed by atoms with E-state index in [4.69, 9.17) is 15.6 Å². The molecule has 2 heterocycles. The largest absolute Gasteiger partial charge is 0.456 e. The van der Waals surface area contributed by atoms with Crippen LogP contribution in [0.1, 0.15) is 38.8 Å². The summed E-state index contributed by atoms with van der Waals surface area (Å²) in [6.45, 7) is 9.84. The van der Waals surface area contributed by atoms with Crippen LogP contribution < -0.4 is 11.2 Å². The third kappa shape index (κ3) is 4.49. The van der Waals surface area contributed by atoms with Gasteiger partial charge in [-0.3, -0.25) is 0 Å². The number of rotatable bonds is 6. The van der Waals surface area contributed by atoms with E-state index in [2.05, 4.69) is 107 Å². The Labute approximate surface area is 253 Å². The molecule has 43 heavy (non-hydrogen) atoms. The van der Waals surface area contributed by atoms with Crippen molar-refractivity contribution in [3.8, 4) is 22.3 Å². The minimum Gasteiger partial charge on any atom is -0.456 e. The van der Waals surface area contributed by atoms with Crippen molar-refractivity contribution in [2.45, 2.75) is 38.3 Å². The molecular weight excluding hydrogens is 523 g/mol. The Morgan fingerprint density at radius 3 is 2.09 bits per heavy atom. The van der Waals surface area contributed by atoms with Gasteiger partial charge in [-0.1, -0.05) is 135 Å². The zero-order chi connectivity index (χ0) is 29.9. The molecular formula is C39H35BN2O. The second-order valence-electron chi connectivity index (χ2n) is 12.9. The van der Waals surface area contributed by atoms with Crippen LogP contribution >= 0.6 is 0 Å². The highest BCUT2D eigenvalue weighted by molar-refractivity contribution is 6.90. The topological polar surface area (TPSA) is 63.0 Å². The molecule has 0 unspecified atom stereocenters. The van der Waals surface area contributed by atoms with Crippen molar-refractivity contribution < 1.29 is 4.42 Å². The monoisotopic (exact) mass is 558 g/mol. The lowest BCUT2D eigenvalue weighted by molar-refractivity contribution is 0.628. The van der Waals surface area contributed by atoms with E-state index >= 15 is 0 Å². The van der Waals surface area contributed by atoms with Crippen molar-refractivity contribution in [2.24, 2.45) is 5.73 Å². The average Bonchev–Trinajstić information content (AvgIpc) is 3.25. The molecule has 0 aliphatic carbocycles. The minimum absolute atomic E-state index is 0.187. The molecule has 0 radical (unpaired) electrons. The second kappa shape index (κ2) is 9.88. The van der Waals surface area contributed by atoms with Gasteiger partial charge in [0, 0.05) is 22.0 Å². The van der Waals surface area contributed by atoms with Gasteiger partial charge in [0.15, 0.2) is 6.71 Å². The number of hydrogen-bond acceptors (Lipinski definition) is 3. The number of hydrogen-bond donors (Lipinski definition) is 2. The minimum atomic E-state index is 0.187. The lowest BCUT2D eigenvalue weighted by atomic mass is 9.51. The predicted molar refractivity (Wildman–Crippen MR) is 183 cm³/mol. The molecule has 7 rings (SSSR count). The molecule has 1 aliphatic rings. The van der Waals surface area contributed by atoms with Crippen LogP contribution in [-0.2, 0) is 0 Å². The van der Waals surface area contributed by atoms with Crippen LogP contribution in [0.15, 0.2) is 126 Å². The molecule has 3 nitrogen and oxygen atoms in total. The first-order valence-corrected chi connectivity index (χ1v) is 14.9. The van der Waals surface area contributed by atoms with Crippen LogP contribution in [0.3, 0.4) is 0 Å². The summed E-state index contributed by atoms with van der Waals surface area (Å²) in [7, 11) is 0. The molecule has 1 saturated heterocycles. The van der Waals surface area contributed by atoms with E-state index in [1.165, 1.54) is 16.6 Å². The normalized spacial score (nSPS) is 15.6. The lowest BCUT2D eigenvalue weighted by Gasteiger charge is -2.14. The van der Waals surface area contributed by atoms with Crippen molar-refractivity contribution in [2.75, 3.05) is 0 Å². The molecule has 4 heteroatoms. The zero-order valence-electron chi connectivity index (χ0n) is 25.1. The number of para-hydroxylation sites is 1. The van der Waals surface area contributed by atoms with E-state index in [1.807, 2.05) is 36.4 Å². The molecule has 0 amide bonds. The molecule has 1 fully saturated rings. The molecule has 210 valence electrons. The van der Waals surface area contributed by atoms with Crippen LogP contribution in [-0.4, -0.2) is 12.4 Å². The highest BCUT2D eigenvalue weighted by Gasteiger charge is 2.68. The number of nitrogens with one attached hydrogen (secondary N) is 1. The van der Waals surface area contributed by atoms with Crippen LogP contribution in [0.5, 0.6) is 0 Å². The maximum atomic E-state index is 8.96. The second-order valence-corrected chi connectivity index (χ2v) is 12.9. The van der Waals surface area contributed by atoms with Crippen LogP contribution in [0.4, 0.5) is 0 Å². The standard InChI is InChI=1S/C39H35BN2O/c1-38(2)39(3,4)40(38)33-23-29(17-19-30(33)25-11-6-5-7-12-25)35(42)24-34(41)28-14-10-13-26(21-28)27-18-20-37-32(22-27)31-15-8-9-16-36(31)43-37/h5-24,41H,42H2,1-4H3. The lowest BCUT2D eigenvalue weighted by Crippen LogP contribution is -2.24. The molecule has 0 saturated carbocycles. The molecule has 6 aromatic rings. The number of fused-ring (bicyclic) bond motifs is 3. The van der Waals surface area contributed by atoms with Crippen molar-refractivity contribution in [3.05, 3.63) is 132 Å². The molecule has 0 spiro atoms. The smallest absolute Gasteiger partial charge is 0.188 e. The SMILES string of the molecule is CC1(C)B(c2cc(C(N)=CC(=N)c3cccc(-c4ccc5oc6ccccc6c5c4)c3)ccc2-c2ccccc2)C1(C)C. The van der Waals surface area contributed by atoms with E-state index < -0.39 is 0 Å². The highest BCUT2D eigenvalue weighted by Crippen LogP contribution is 2.73. The van der Waals surface area contributed by atoms with E-state index in [0.29, 0.717) is 18.1 Å². The Morgan fingerprint density at radius 2 is 1.33 bits per heavy atom. The molecule has 0 bridgehead atoms. The summed E-state index contributed by atoms with van der Waals surface area (Å²) in [5, 5.41) is 11.5. The molecule has 0 atom stereocenters. The van der Waals surface area contributed by atoms with Gasteiger partial charge < -0.3 is 15.6 Å². The number of benzene rings is 5. The maximum Gasteiger partial charge on any atom is 0.188 e. The van der Waals surface area contributed by atoms with Crippen molar-refractivity contribution in [1.29, 1.82) is 5.41 Å². The quantitative estimate of drug-likeness (QED) is 0.158. The van der Waals surface area contributed by atoms with E-state index in [9.17, 15) is 0 Å². The van der Waals surface area contributed by atoms with Crippen molar-refractivity contribution in [3.63, 3.8) is 0 Å². The van der Waals surface area contributed by atoms with Gasteiger partial charge in [-0.25, -0.2) is 0 Å². The number of nitrogens with two attached hydrogens (primary N) is 1. The van der Waals surface area contributed by atoms with Gasteiger partial charge in [0.05, 0.1) is 5.71 Å². The Balaban J connectivity index is 1.22. The molecule has 1 aromatic heterocycles. The highest BCUT2D eigenvalue weighted by atomic mass is 16.3. The summed E-state index contributed by atoms with van der Waals surface area (Å²) in [6.07, 6.45) is 1.79. The third-order valence-electron chi connectivity index (χ3n) is 9.98. The van der Waals surface area contributed by atoms with Gasteiger partial charge in [-0.2, -0.15) is 0 Å². The van der Waals surface area contributed by atoms with E-state index in [-0.39, 0.29) is 10.6 Å². The Bertz CT molecular complexity index is 2050.